The number of aryl methyl sites for hydroxylation is 2. The van der Waals surface area contributed by atoms with Crippen molar-refractivity contribution < 1.29 is 4.79 Å². The molecule has 0 saturated heterocycles. The molecule has 0 bridgehead atoms. The summed E-state index contributed by atoms with van der Waals surface area (Å²) >= 11 is 0. The van der Waals surface area contributed by atoms with Gasteiger partial charge in [0.2, 0.25) is 5.91 Å². The van der Waals surface area contributed by atoms with Crippen molar-refractivity contribution in [1.82, 2.24) is 15.3 Å². The molecule has 104 valence electrons. The van der Waals surface area contributed by atoms with Crippen molar-refractivity contribution in [1.29, 1.82) is 0 Å². The molecule has 1 amide bonds. The van der Waals surface area contributed by atoms with Gasteiger partial charge in [-0.2, -0.15) is 0 Å². The number of anilines is 1. The summed E-state index contributed by atoms with van der Waals surface area (Å²) in [5.74, 6) is 0.580. The van der Waals surface area contributed by atoms with Crippen molar-refractivity contribution in [2.24, 2.45) is 0 Å². The first kappa shape index (κ1) is 14.0. The minimum Gasteiger partial charge on any atom is -0.359 e. The Labute approximate surface area is 118 Å². The van der Waals surface area contributed by atoms with Crippen LogP contribution in [0.15, 0.2) is 36.5 Å². The predicted molar refractivity (Wildman–Crippen MR) is 78.3 cm³/mol. The van der Waals surface area contributed by atoms with Crippen molar-refractivity contribution in [3.05, 3.63) is 53.5 Å². The molecule has 2 N–H and O–H groups in total. The molecule has 0 spiro atoms. The normalized spacial score (nSPS) is 10.1. The number of carbonyl (C=O) groups is 1. The highest BCUT2D eigenvalue weighted by atomic mass is 16.1. The van der Waals surface area contributed by atoms with E-state index in [2.05, 4.69) is 20.6 Å². The third-order valence-electron chi connectivity index (χ3n) is 2.82. The molecule has 2 rings (SSSR count). The lowest BCUT2D eigenvalue weighted by Crippen LogP contribution is -2.29. The fourth-order valence-corrected chi connectivity index (χ4v) is 1.73. The van der Waals surface area contributed by atoms with Crippen LogP contribution in [-0.4, -0.2) is 22.4 Å². The van der Waals surface area contributed by atoms with Gasteiger partial charge in [-0.3, -0.25) is 9.78 Å². The first-order valence-electron chi connectivity index (χ1n) is 6.50. The number of carbonyl (C=O) groups excluding carboxylic acids is 1. The van der Waals surface area contributed by atoms with Crippen molar-refractivity contribution in [2.75, 3.05) is 11.9 Å². The van der Waals surface area contributed by atoms with E-state index in [-0.39, 0.29) is 12.5 Å². The number of hydrogen-bond acceptors (Lipinski definition) is 4. The van der Waals surface area contributed by atoms with E-state index in [9.17, 15) is 4.79 Å². The molecule has 0 saturated carbocycles. The number of hydrogen-bond donors (Lipinski definition) is 2. The van der Waals surface area contributed by atoms with E-state index in [1.54, 1.807) is 6.20 Å². The van der Waals surface area contributed by atoms with Crippen LogP contribution in [0.25, 0.3) is 0 Å². The van der Waals surface area contributed by atoms with Crippen molar-refractivity contribution in [3.8, 4) is 0 Å². The highest BCUT2D eigenvalue weighted by Crippen LogP contribution is 2.07. The molecular formula is C15H18N4O. The summed E-state index contributed by atoms with van der Waals surface area (Å²) in [7, 11) is 0. The van der Waals surface area contributed by atoms with Crippen LogP contribution in [0.1, 0.15) is 17.0 Å². The first-order chi connectivity index (χ1) is 9.65. The standard InChI is InChI=1S/C15H18N4O/c1-11-8-16-12(2)15(19-11)18-10-14(20)17-9-13-6-4-3-5-7-13/h3-8H,9-10H2,1-2H3,(H,17,20)(H,18,19). The average Bonchev–Trinajstić information content (AvgIpc) is 2.47. The van der Waals surface area contributed by atoms with Crippen LogP contribution in [0.5, 0.6) is 0 Å². The van der Waals surface area contributed by atoms with Crippen LogP contribution in [0.2, 0.25) is 0 Å². The van der Waals surface area contributed by atoms with Crippen LogP contribution in [0.3, 0.4) is 0 Å². The Morgan fingerprint density at radius 3 is 2.70 bits per heavy atom. The molecule has 20 heavy (non-hydrogen) atoms. The Morgan fingerprint density at radius 2 is 1.95 bits per heavy atom. The van der Waals surface area contributed by atoms with Crippen LogP contribution in [-0.2, 0) is 11.3 Å². The molecule has 0 aliphatic rings. The van der Waals surface area contributed by atoms with Gasteiger partial charge in [-0.15, -0.1) is 0 Å². The fourth-order valence-electron chi connectivity index (χ4n) is 1.73. The van der Waals surface area contributed by atoms with Gasteiger partial charge in [0.1, 0.15) is 5.82 Å². The van der Waals surface area contributed by atoms with Gasteiger partial charge in [-0.05, 0) is 19.4 Å². The molecule has 0 aliphatic heterocycles. The number of aromatic nitrogens is 2. The van der Waals surface area contributed by atoms with E-state index in [0.717, 1.165) is 17.0 Å². The summed E-state index contributed by atoms with van der Waals surface area (Å²) in [6, 6.07) is 9.80. The quantitative estimate of drug-likeness (QED) is 0.869. The lowest BCUT2D eigenvalue weighted by molar-refractivity contribution is -0.119. The van der Waals surface area contributed by atoms with Gasteiger partial charge in [0.05, 0.1) is 17.9 Å². The van der Waals surface area contributed by atoms with E-state index >= 15 is 0 Å². The van der Waals surface area contributed by atoms with Gasteiger partial charge >= 0.3 is 0 Å². The van der Waals surface area contributed by atoms with Crippen molar-refractivity contribution in [2.45, 2.75) is 20.4 Å². The van der Waals surface area contributed by atoms with E-state index in [0.29, 0.717) is 12.4 Å². The molecule has 0 radical (unpaired) electrons. The summed E-state index contributed by atoms with van der Waals surface area (Å²) in [5, 5.41) is 5.86. The number of nitrogens with zero attached hydrogens (tertiary/aromatic N) is 2. The molecule has 1 aromatic heterocycles. The van der Waals surface area contributed by atoms with Gasteiger partial charge < -0.3 is 10.6 Å². The van der Waals surface area contributed by atoms with Gasteiger partial charge in [0.15, 0.2) is 0 Å². The second-order valence-corrected chi connectivity index (χ2v) is 4.56. The molecule has 2 aromatic rings. The summed E-state index contributed by atoms with van der Waals surface area (Å²) < 4.78 is 0. The van der Waals surface area contributed by atoms with Gasteiger partial charge in [-0.1, -0.05) is 30.3 Å². The average molecular weight is 270 g/mol. The van der Waals surface area contributed by atoms with Crippen LogP contribution in [0, 0.1) is 13.8 Å². The number of nitrogens with one attached hydrogen (secondary N) is 2. The van der Waals surface area contributed by atoms with Gasteiger partial charge in [0, 0.05) is 12.7 Å². The Hall–Kier alpha value is -2.43. The molecule has 0 atom stereocenters. The zero-order chi connectivity index (χ0) is 14.4. The molecule has 5 heteroatoms. The lowest BCUT2D eigenvalue weighted by Gasteiger charge is -2.09. The van der Waals surface area contributed by atoms with E-state index < -0.39 is 0 Å². The maximum Gasteiger partial charge on any atom is 0.239 e. The van der Waals surface area contributed by atoms with Gasteiger partial charge in [0.25, 0.3) is 0 Å². The molecule has 1 heterocycles. The Bertz CT molecular complexity index is 584. The van der Waals surface area contributed by atoms with Crippen molar-refractivity contribution >= 4 is 11.7 Å². The number of rotatable bonds is 5. The largest absolute Gasteiger partial charge is 0.359 e. The summed E-state index contributed by atoms with van der Waals surface area (Å²) in [6.07, 6.45) is 1.70. The maximum absolute atomic E-state index is 11.8. The molecule has 0 unspecified atom stereocenters. The Morgan fingerprint density at radius 1 is 1.20 bits per heavy atom. The molecule has 5 nitrogen and oxygen atoms in total. The van der Waals surface area contributed by atoms with E-state index in [1.165, 1.54) is 0 Å². The highest BCUT2D eigenvalue weighted by Gasteiger charge is 2.05. The Kier molecular flexibility index (Phi) is 4.65. The monoisotopic (exact) mass is 270 g/mol. The second-order valence-electron chi connectivity index (χ2n) is 4.56. The summed E-state index contributed by atoms with van der Waals surface area (Å²) in [6.45, 7) is 4.44. The molecular weight excluding hydrogens is 252 g/mol. The molecule has 0 aliphatic carbocycles. The third kappa shape index (κ3) is 4.05. The molecule has 0 fully saturated rings. The van der Waals surface area contributed by atoms with Gasteiger partial charge in [-0.25, -0.2) is 4.98 Å². The van der Waals surface area contributed by atoms with Crippen LogP contribution < -0.4 is 10.6 Å². The summed E-state index contributed by atoms with van der Waals surface area (Å²) in [5.41, 5.74) is 2.68. The number of amides is 1. The van der Waals surface area contributed by atoms with Crippen molar-refractivity contribution in [3.63, 3.8) is 0 Å². The smallest absolute Gasteiger partial charge is 0.239 e. The van der Waals surface area contributed by atoms with E-state index in [1.807, 2.05) is 44.2 Å². The zero-order valence-electron chi connectivity index (χ0n) is 11.7. The minimum atomic E-state index is -0.0726. The maximum atomic E-state index is 11.8. The minimum absolute atomic E-state index is 0.0726. The topological polar surface area (TPSA) is 66.9 Å². The number of benzene rings is 1. The zero-order valence-corrected chi connectivity index (χ0v) is 11.7. The molecule has 1 aromatic carbocycles. The summed E-state index contributed by atoms with van der Waals surface area (Å²) in [4.78, 5) is 20.3. The second kappa shape index (κ2) is 6.65. The predicted octanol–water partition coefficient (Wildman–Crippen LogP) is 1.82. The lowest BCUT2D eigenvalue weighted by atomic mass is 10.2. The third-order valence-corrected chi connectivity index (χ3v) is 2.82. The van der Waals surface area contributed by atoms with Crippen LogP contribution >= 0.6 is 0 Å². The fraction of sp³-hybridized carbons (Fsp3) is 0.267. The first-order valence-corrected chi connectivity index (χ1v) is 6.50. The van der Waals surface area contributed by atoms with E-state index in [4.69, 9.17) is 0 Å². The SMILES string of the molecule is Cc1cnc(C)c(NCC(=O)NCc2ccccc2)n1. The Balaban J connectivity index is 1.82. The van der Waals surface area contributed by atoms with Crippen LogP contribution in [0.4, 0.5) is 5.82 Å². The highest BCUT2D eigenvalue weighted by molar-refractivity contribution is 5.80.